The van der Waals surface area contributed by atoms with Gasteiger partial charge in [-0.2, -0.15) is 0 Å². The van der Waals surface area contributed by atoms with Crippen LogP contribution in [0.25, 0.3) is 0 Å². The predicted octanol–water partition coefficient (Wildman–Crippen LogP) is 1.10. The number of rotatable bonds is 8. The maximum Gasteiger partial charge on any atom is 0.220 e. The lowest BCUT2D eigenvalue weighted by atomic mass is 10.1. The second kappa shape index (κ2) is 6.97. The van der Waals surface area contributed by atoms with Gasteiger partial charge in [-0.05, 0) is 46.6 Å². The maximum absolute atomic E-state index is 11.6. The molecule has 0 heterocycles. The third-order valence-corrected chi connectivity index (χ3v) is 3.48. The van der Waals surface area contributed by atoms with Gasteiger partial charge in [0.05, 0.1) is 0 Å². The molecular formula is C13H27N3O. The average molecular weight is 241 g/mol. The molecule has 0 aromatic heterocycles. The largest absolute Gasteiger partial charge is 0.355 e. The van der Waals surface area contributed by atoms with Crippen LogP contribution in [-0.4, -0.2) is 42.5 Å². The van der Waals surface area contributed by atoms with E-state index in [9.17, 15) is 4.79 Å². The van der Waals surface area contributed by atoms with E-state index in [0.717, 1.165) is 25.4 Å². The molecule has 1 saturated carbocycles. The first kappa shape index (κ1) is 14.5. The van der Waals surface area contributed by atoms with Crippen LogP contribution in [0.15, 0.2) is 0 Å². The summed E-state index contributed by atoms with van der Waals surface area (Å²) >= 11 is 0. The molecular weight excluding hydrogens is 214 g/mol. The summed E-state index contributed by atoms with van der Waals surface area (Å²) in [5.41, 5.74) is 5.64. The molecule has 4 nitrogen and oxygen atoms in total. The standard InChI is InChI=1S/C13H27N3O/c1-10(14)5-4-6-13(17)15-9-11(2)16(3)12-7-8-12/h10-12H,4-9,14H2,1-3H3,(H,15,17). The molecule has 0 aromatic rings. The lowest BCUT2D eigenvalue weighted by molar-refractivity contribution is -0.121. The van der Waals surface area contributed by atoms with Crippen molar-refractivity contribution in [2.45, 2.75) is 64.1 Å². The molecule has 4 heteroatoms. The van der Waals surface area contributed by atoms with E-state index in [-0.39, 0.29) is 11.9 Å². The van der Waals surface area contributed by atoms with Crippen molar-refractivity contribution >= 4 is 5.91 Å². The third kappa shape index (κ3) is 6.03. The predicted molar refractivity (Wildman–Crippen MR) is 70.8 cm³/mol. The second-order valence-electron chi connectivity index (χ2n) is 5.42. The zero-order valence-corrected chi connectivity index (χ0v) is 11.4. The average Bonchev–Trinajstić information content (AvgIpc) is 3.08. The molecule has 1 aliphatic rings. The molecule has 0 saturated heterocycles. The van der Waals surface area contributed by atoms with Gasteiger partial charge in [0.2, 0.25) is 5.91 Å². The number of nitrogens with zero attached hydrogens (tertiary/aromatic N) is 1. The summed E-state index contributed by atoms with van der Waals surface area (Å²) in [6, 6.07) is 1.38. The van der Waals surface area contributed by atoms with E-state index in [4.69, 9.17) is 5.73 Å². The van der Waals surface area contributed by atoms with E-state index in [2.05, 4.69) is 24.2 Å². The van der Waals surface area contributed by atoms with Gasteiger partial charge in [-0.1, -0.05) is 0 Å². The number of hydrogen-bond acceptors (Lipinski definition) is 3. The van der Waals surface area contributed by atoms with Crippen molar-refractivity contribution in [2.24, 2.45) is 5.73 Å². The molecule has 0 aromatic carbocycles. The highest BCUT2D eigenvalue weighted by Gasteiger charge is 2.28. The van der Waals surface area contributed by atoms with Crippen LogP contribution in [0.2, 0.25) is 0 Å². The van der Waals surface area contributed by atoms with Gasteiger partial charge in [0.15, 0.2) is 0 Å². The molecule has 1 amide bonds. The normalized spacial score (nSPS) is 19.1. The van der Waals surface area contributed by atoms with Gasteiger partial charge in [-0.3, -0.25) is 9.69 Å². The molecule has 17 heavy (non-hydrogen) atoms. The number of nitrogens with two attached hydrogens (primary N) is 1. The van der Waals surface area contributed by atoms with Crippen molar-refractivity contribution in [1.82, 2.24) is 10.2 Å². The Balaban J connectivity index is 2.06. The Kier molecular flexibility index (Phi) is 5.92. The summed E-state index contributed by atoms with van der Waals surface area (Å²) in [6.45, 7) is 4.90. The molecule has 0 spiro atoms. The minimum atomic E-state index is 0.154. The van der Waals surface area contributed by atoms with Crippen LogP contribution in [0.5, 0.6) is 0 Å². The van der Waals surface area contributed by atoms with Crippen LogP contribution in [0.3, 0.4) is 0 Å². The Bertz CT molecular complexity index is 239. The van der Waals surface area contributed by atoms with Crippen molar-refractivity contribution in [3.05, 3.63) is 0 Å². The van der Waals surface area contributed by atoms with E-state index in [1.54, 1.807) is 0 Å². The highest BCUT2D eigenvalue weighted by molar-refractivity contribution is 5.75. The summed E-state index contributed by atoms with van der Waals surface area (Å²) in [4.78, 5) is 13.9. The lowest BCUT2D eigenvalue weighted by Gasteiger charge is -2.24. The van der Waals surface area contributed by atoms with E-state index < -0.39 is 0 Å². The van der Waals surface area contributed by atoms with Gasteiger partial charge in [0.1, 0.15) is 0 Å². The first-order valence-electron chi connectivity index (χ1n) is 6.75. The summed E-state index contributed by atoms with van der Waals surface area (Å²) < 4.78 is 0. The van der Waals surface area contributed by atoms with Crippen LogP contribution in [0.1, 0.15) is 46.0 Å². The Morgan fingerprint density at radius 1 is 1.47 bits per heavy atom. The van der Waals surface area contributed by atoms with Crippen molar-refractivity contribution in [3.63, 3.8) is 0 Å². The number of nitrogens with one attached hydrogen (secondary N) is 1. The molecule has 2 atom stereocenters. The lowest BCUT2D eigenvalue weighted by Crippen LogP contribution is -2.41. The fourth-order valence-electron chi connectivity index (χ4n) is 1.92. The van der Waals surface area contributed by atoms with Crippen molar-refractivity contribution in [2.75, 3.05) is 13.6 Å². The quantitative estimate of drug-likeness (QED) is 0.669. The van der Waals surface area contributed by atoms with Crippen molar-refractivity contribution in [3.8, 4) is 0 Å². The minimum absolute atomic E-state index is 0.154. The first-order chi connectivity index (χ1) is 8.00. The number of carbonyl (C=O) groups is 1. The van der Waals surface area contributed by atoms with Crippen LogP contribution < -0.4 is 11.1 Å². The van der Waals surface area contributed by atoms with Crippen molar-refractivity contribution < 1.29 is 4.79 Å². The summed E-state index contributed by atoms with van der Waals surface area (Å²) in [7, 11) is 2.14. The smallest absolute Gasteiger partial charge is 0.220 e. The molecule has 100 valence electrons. The third-order valence-electron chi connectivity index (χ3n) is 3.48. The van der Waals surface area contributed by atoms with E-state index in [1.807, 2.05) is 6.92 Å². The maximum atomic E-state index is 11.6. The highest BCUT2D eigenvalue weighted by atomic mass is 16.1. The Morgan fingerprint density at radius 3 is 2.65 bits per heavy atom. The molecule has 0 bridgehead atoms. The fourth-order valence-corrected chi connectivity index (χ4v) is 1.92. The number of amides is 1. The van der Waals surface area contributed by atoms with E-state index >= 15 is 0 Å². The Hall–Kier alpha value is -0.610. The van der Waals surface area contributed by atoms with Crippen LogP contribution >= 0.6 is 0 Å². The highest BCUT2D eigenvalue weighted by Crippen LogP contribution is 2.26. The number of hydrogen-bond donors (Lipinski definition) is 2. The molecule has 2 unspecified atom stereocenters. The zero-order valence-electron chi connectivity index (χ0n) is 11.4. The number of likely N-dealkylation sites (N-methyl/N-ethyl adjacent to an activating group) is 1. The zero-order chi connectivity index (χ0) is 12.8. The molecule has 1 aliphatic carbocycles. The fraction of sp³-hybridized carbons (Fsp3) is 0.923. The topological polar surface area (TPSA) is 58.4 Å². The van der Waals surface area contributed by atoms with Gasteiger partial charge in [-0.25, -0.2) is 0 Å². The molecule has 3 N–H and O–H groups in total. The van der Waals surface area contributed by atoms with E-state index in [1.165, 1.54) is 12.8 Å². The van der Waals surface area contributed by atoms with Gasteiger partial charge in [0, 0.05) is 31.1 Å². The van der Waals surface area contributed by atoms with Gasteiger partial charge in [0.25, 0.3) is 0 Å². The Labute approximate surface area is 105 Å². The summed E-state index contributed by atoms with van der Waals surface area (Å²) in [5, 5.41) is 3.00. The van der Waals surface area contributed by atoms with Gasteiger partial charge in [-0.15, -0.1) is 0 Å². The summed E-state index contributed by atoms with van der Waals surface area (Å²) in [5.74, 6) is 0.154. The van der Waals surface area contributed by atoms with Crippen molar-refractivity contribution in [1.29, 1.82) is 0 Å². The van der Waals surface area contributed by atoms with Gasteiger partial charge < -0.3 is 11.1 Å². The van der Waals surface area contributed by atoms with E-state index in [0.29, 0.717) is 12.5 Å². The summed E-state index contributed by atoms with van der Waals surface area (Å²) in [6.07, 6.45) is 5.02. The molecule has 1 fully saturated rings. The second-order valence-corrected chi connectivity index (χ2v) is 5.42. The minimum Gasteiger partial charge on any atom is -0.355 e. The molecule has 0 aliphatic heterocycles. The van der Waals surface area contributed by atoms with Crippen LogP contribution in [0.4, 0.5) is 0 Å². The van der Waals surface area contributed by atoms with Crippen LogP contribution in [0, 0.1) is 0 Å². The first-order valence-corrected chi connectivity index (χ1v) is 6.75. The molecule has 1 rings (SSSR count). The number of carbonyl (C=O) groups excluding carboxylic acids is 1. The van der Waals surface area contributed by atoms with Crippen LogP contribution in [-0.2, 0) is 4.79 Å². The Morgan fingerprint density at radius 2 is 2.12 bits per heavy atom. The monoisotopic (exact) mass is 241 g/mol. The van der Waals surface area contributed by atoms with Gasteiger partial charge >= 0.3 is 0 Å². The molecule has 0 radical (unpaired) electrons. The SMILES string of the molecule is CC(N)CCCC(=O)NCC(C)N(C)C1CC1.